The van der Waals surface area contributed by atoms with Gasteiger partial charge in [-0.2, -0.15) is 0 Å². The molecule has 3 heterocycles. The number of furan rings is 1. The molecule has 0 aliphatic carbocycles. The molecular weight excluding hydrogens is 286 g/mol. The van der Waals surface area contributed by atoms with Gasteiger partial charge in [0, 0.05) is 13.5 Å². The lowest BCUT2D eigenvalue weighted by Crippen LogP contribution is -2.17. The summed E-state index contributed by atoms with van der Waals surface area (Å²) in [6.07, 6.45) is 2.47. The number of methoxy groups -OCH3 is 1. The van der Waals surface area contributed by atoms with E-state index in [1.54, 1.807) is 24.7 Å². The second kappa shape index (κ2) is 6.24. The number of hydrogen-bond acceptors (Lipinski definition) is 6. The van der Waals surface area contributed by atoms with E-state index in [0.29, 0.717) is 6.61 Å². The predicted molar refractivity (Wildman–Crippen MR) is 83.7 cm³/mol. The van der Waals surface area contributed by atoms with Gasteiger partial charge in [0.25, 0.3) is 0 Å². The molecule has 3 aromatic heterocycles. The zero-order valence-electron chi connectivity index (χ0n) is 12.0. The molecule has 110 valence electrons. The molecule has 3 aromatic rings. The van der Waals surface area contributed by atoms with E-state index < -0.39 is 0 Å². The van der Waals surface area contributed by atoms with Gasteiger partial charge in [-0.15, -0.1) is 11.3 Å². The van der Waals surface area contributed by atoms with Crippen molar-refractivity contribution in [1.82, 2.24) is 9.97 Å². The summed E-state index contributed by atoms with van der Waals surface area (Å²) in [5, 5.41) is 6.49. The Bertz CT molecular complexity index is 709. The van der Waals surface area contributed by atoms with Crippen molar-refractivity contribution in [3.63, 3.8) is 0 Å². The van der Waals surface area contributed by atoms with Crippen molar-refractivity contribution in [1.29, 1.82) is 0 Å². The largest absolute Gasteiger partial charge is 0.467 e. The molecule has 0 aliphatic heterocycles. The molecule has 0 aliphatic rings. The van der Waals surface area contributed by atoms with E-state index in [4.69, 9.17) is 9.15 Å². The molecule has 3 rings (SSSR count). The highest BCUT2D eigenvalue weighted by Gasteiger charge is 2.17. The topological polar surface area (TPSA) is 60.2 Å². The van der Waals surface area contributed by atoms with E-state index in [1.807, 2.05) is 23.6 Å². The molecule has 0 spiro atoms. The zero-order valence-corrected chi connectivity index (χ0v) is 12.8. The molecule has 0 radical (unpaired) electrons. The lowest BCUT2D eigenvalue weighted by molar-refractivity contribution is 0.178. The first kappa shape index (κ1) is 14.0. The van der Waals surface area contributed by atoms with Crippen LogP contribution in [0.2, 0.25) is 0 Å². The van der Waals surface area contributed by atoms with Crippen molar-refractivity contribution in [3.05, 3.63) is 41.4 Å². The molecule has 1 N–H and O–H groups in total. The van der Waals surface area contributed by atoms with Crippen molar-refractivity contribution in [2.75, 3.05) is 19.0 Å². The molecule has 0 bridgehead atoms. The van der Waals surface area contributed by atoms with Crippen LogP contribution in [0, 0.1) is 0 Å². The van der Waals surface area contributed by atoms with Gasteiger partial charge in [-0.25, -0.2) is 9.97 Å². The second-order valence-electron chi connectivity index (χ2n) is 4.65. The fourth-order valence-corrected chi connectivity index (χ4v) is 2.97. The fraction of sp³-hybridized carbons (Fsp3) is 0.333. The molecule has 0 saturated heterocycles. The van der Waals surface area contributed by atoms with Crippen LogP contribution in [0.25, 0.3) is 10.2 Å². The van der Waals surface area contributed by atoms with Gasteiger partial charge in [-0.1, -0.05) is 6.92 Å². The van der Waals surface area contributed by atoms with Crippen molar-refractivity contribution in [3.8, 4) is 0 Å². The quantitative estimate of drug-likeness (QED) is 0.753. The van der Waals surface area contributed by atoms with E-state index in [-0.39, 0.29) is 6.04 Å². The Kier molecular flexibility index (Phi) is 4.17. The van der Waals surface area contributed by atoms with Gasteiger partial charge in [-0.3, -0.25) is 0 Å². The Morgan fingerprint density at radius 1 is 1.38 bits per heavy atom. The van der Waals surface area contributed by atoms with Crippen molar-refractivity contribution in [2.24, 2.45) is 0 Å². The Balaban J connectivity index is 1.97. The van der Waals surface area contributed by atoms with Crippen molar-refractivity contribution < 1.29 is 9.15 Å². The predicted octanol–water partition coefficient (Wildman–Crippen LogP) is 3.65. The van der Waals surface area contributed by atoms with Crippen LogP contribution in [0.3, 0.4) is 0 Å². The number of hydrogen-bond donors (Lipinski definition) is 1. The highest BCUT2D eigenvalue weighted by Crippen LogP contribution is 2.28. The average Bonchev–Trinajstić information content (AvgIpc) is 3.17. The van der Waals surface area contributed by atoms with Gasteiger partial charge in [0.1, 0.15) is 28.3 Å². The number of fused-ring (bicyclic) bond motifs is 1. The maximum Gasteiger partial charge on any atom is 0.139 e. The smallest absolute Gasteiger partial charge is 0.139 e. The van der Waals surface area contributed by atoms with Gasteiger partial charge in [-0.05, 0) is 23.6 Å². The van der Waals surface area contributed by atoms with Crippen LogP contribution in [0.5, 0.6) is 0 Å². The first-order chi connectivity index (χ1) is 10.3. The second-order valence-corrected chi connectivity index (χ2v) is 5.54. The third-order valence-corrected chi connectivity index (χ3v) is 4.03. The summed E-state index contributed by atoms with van der Waals surface area (Å²) in [4.78, 5) is 10.2. The van der Waals surface area contributed by atoms with E-state index in [1.165, 1.54) is 0 Å². The van der Waals surface area contributed by atoms with E-state index >= 15 is 0 Å². The van der Waals surface area contributed by atoms with Gasteiger partial charge < -0.3 is 14.5 Å². The number of thiophene rings is 1. The molecule has 0 aromatic carbocycles. The molecule has 1 atom stereocenters. The van der Waals surface area contributed by atoms with Crippen molar-refractivity contribution >= 4 is 27.4 Å². The lowest BCUT2D eigenvalue weighted by atomic mass is 10.2. The van der Waals surface area contributed by atoms with Crippen LogP contribution in [0.15, 0.2) is 34.3 Å². The monoisotopic (exact) mass is 303 g/mol. The van der Waals surface area contributed by atoms with Gasteiger partial charge in [0.2, 0.25) is 0 Å². The summed E-state index contributed by atoms with van der Waals surface area (Å²) in [5.74, 6) is 2.50. The number of ether oxygens (including phenoxy) is 1. The summed E-state index contributed by atoms with van der Waals surface area (Å²) >= 11 is 1.62. The first-order valence-electron chi connectivity index (χ1n) is 6.84. The van der Waals surface area contributed by atoms with Gasteiger partial charge in [0.15, 0.2) is 0 Å². The van der Waals surface area contributed by atoms with Crippen LogP contribution in [0.1, 0.15) is 24.6 Å². The van der Waals surface area contributed by atoms with Crippen LogP contribution in [-0.2, 0) is 11.2 Å². The normalized spacial score (nSPS) is 12.7. The van der Waals surface area contributed by atoms with E-state index in [9.17, 15) is 0 Å². The molecule has 6 heteroatoms. The average molecular weight is 303 g/mol. The Hall–Kier alpha value is -1.92. The maximum absolute atomic E-state index is 5.49. The summed E-state index contributed by atoms with van der Waals surface area (Å²) in [7, 11) is 1.68. The molecule has 5 nitrogen and oxygen atoms in total. The standard InChI is InChI=1S/C15H17N3O2S/c1-3-13-17-14(10-6-8-21-15(10)18-13)16-11(9-19-2)12-5-4-7-20-12/h4-8,11H,3,9H2,1-2H3,(H,16,17,18). The number of aromatic nitrogens is 2. The minimum atomic E-state index is -0.0762. The Morgan fingerprint density at radius 2 is 2.29 bits per heavy atom. The SMILES string of the molecule is CCc1nc(NC(COC)c2ccco2)c2ccsc2n1. The highest BCUT2D eigenvalue weighted by molar-refractivity contribution is 7.16. The molecule has 0 amide bonds. The van der Waals surface area contributed by atoms with Gasteiger partial charge in [0.05, 0.1) is 18.3 Å². The third-order valence-electron chi connectivity index (χ3n) is 3.22. The van der Waals surface area contributed by atoms with Crippen LogP contribution in [0.4, 0.5) is 5.82 Å². The number of rotatable bonds is 6. The Morgan fingerprint density at radius 3 is 3.00 bits per heavy atom. The fourth-order valence-electron chi connectivity index (χ4n) is 2.18. The number of aryl methyl sites for hydroxylation is 1. The van der Waals surface area contributed by atoms with Crippen LogP contribution < -0.4 is 5.32 Å². The molecule has 0 saturated carbocycles. The van der Waals surface area contributed by atoms with E-state index in [0.717, 1.165) is 34.0 Å². The van der Waals surface area contributed by atoms with E-state index in [2.05, 4.69) is 22.2 Å². The van der Waals surface area contributed by atoms with Crippen LogP contribution in [-0.4, -0.2) is 23.7 Å². The Labute approximate surface area is 127 Å². The third kappa shape index (κ3) is 2.91. The summed E-state index contributed by atoms with van der Waals surface area (Å²) < 4.78 is 10.8. The first-order valence-corrected chi connectivity index (χ1v) is 7.72. The summed E-state index contributed by atoms with van der Waals surface area (Å²) in [5.41, 5.74) is 0. The molecule has 0 fully saturated rings. The lowest BCUT2D eigenvalue weighted by Gasteiger charge is -2.17. The number of nitrogens with one attached hydrogen (secondary N) is 1. The minimum Gasteiger partial charge on any atom is -0.467 e. The maximum atomic E-state index is 5.49. The molecular formula is C15H17N3O2S. The molecule has 21 heavy (non-hydrogen) atoms. The number of anilines is 1. The minimum absolute atomic E-state index is 0.0762. The summed E-state index contributed by atoms with van der Waals surface area (Å²) in [6, 6.07) is 5.77. The van der Waals surface area contributed by atoms with Crippen LogP contribution >= 0.6 is 11.3 Å². The summed E-state index contributed by atoms with van der Waals surface area (Å²) in [6.45, 7) is 2.56. The molecule has 1 unspecified atom stereocenters. The van der Waals surface area contributed by atoms with Crippen molar-refractivity contribution in [2.45, 2.75) is 19.4 Å². The zero-order chi connectivity index (χ0) is 14.7. The highest BCUT2D eigenvalue weighted by atomic mass is 32.1. The number of nitrogens with zero attached hydrogens (tertiary/aromatic N) is 2. The van der Waals surface area contributed by atoms with Gasteiger partial charge >= 0.3 is 0 Å².